The lowest BCUT2D eigenvalue weighted by atomic mass is 10.1. The van der Waals surface area contributed by atoms with Crippen LogP contribution < -0.4 is 10.6 Å². The standard InChI is InChI=1S/C20H40N6.HI/c1-5-7-9-10-11-12-13-14-16-22-20(21-15-8-6-2)23-17-19-25-24-18(3)26(19)4;/h5-17H2,1-4H3,(H2,21,22,23);1H. The summed E-state index contributed by atoms with van der Waals surface area (Å²) < 4.78 is 1.99. The maximum Gasteiger partial charge on any atom is 0.191 e. The highest BCUT2D eigenvalue weighted by molar-refractivity contribution is 14.0. The third-order valence-corrected chi connectivity index (χ3v) is 4.71. The first-order valence-electron chi connectivity index (χ1n) is 10.6. The van der Waals surface area contributed by atoms with Gasteiger partial charge in [0.05, 0.1) is 0 Å². The van der Waals surface area contributed by atoms with Gasteiger partial charge in [0.2, 0.25) is 0 Å². The lowest BCUT2D eigenvalue weighted by Gasteiger charge is -2.12. The van der Waals surface area contributed by atoms with E-state index in [0.717, 1.165) is 37.1 Å². The molecule has 0 saturated carbocycles. The van der Waals surface area contributed by atoms with E-state index in [1.807, 2.05) is 18.5 Å². The first kappa shape index (κ1) is 26.1. The van der Waals surface area contributed by atoms with Crippen LogP contribution in [0.2, 0.25) is 0 Å². The van der Waals surface area contributed by atoms with E-state index >= 15 is 0 Å². The summed E-state index contributed by atoms with van der Waals surface area (Å²) >= 11 is 0. The zero-order valence-corrected chi connectivity index (χ0v) is 20.2. The molecule has 0 bridgehead atoms. The van der Waals surface area contributed by atoms with Crippen molar-refractivity contribution in [3.8, 4) is 0 Å². The molecule has 1 rings (SSSR count). The van der Waals surface area contributed by atoms with Gasteiger partial charge in [0.15, 0.2) is 11.8 Å². The average Bonchev–Trinajstić information content (AvgIpc) is 2.96. The van der Waals surface area contributed by atoms with Gasteiger partial charge in [0, 0.05) is 20.1 Å². The first-order valence-corrected chi connectivity index (χ1v) is 10.6. The zero-order chi connectivity index (χ0) is 19.0. The molecule has 7 heteroatoms. The van der Waals surface area contributed by atoms with Gasteiger partial charge in [0.1, 0.15) is 12.4 Å². The Morgan fingerprint density at radius 2 is 1.41 bits per heavy atom. The van der Waals surface area contributed by atoms with Crippen LogP contribution >= 0.6 is 24.0 Å². The normalized spacial score (nSPS) is 11.3. The molecule has 0 unspecified atom stereocenters. The number of hydrogen-bond acceptors (Lipinski definition) is 3. The molecule has 0 aromatic carbocycles. The molecule has 2 N–H and O–H groups in total. The van der Waals surface area contributed by atoms with Crippen LogP contribution in [0.15, 0.2) is 4.99 Å². The fourth-order valence-corrected chi connectivity index (χ4v) is 2.76. The molecule has 0 radical (unpaired) electrons. The van der Waals surface area contributed by atoms with Gasteiger partial charge in [-0.3, -0.25) is 0 Å². The van der Waals surface area contributed by atoms with Gasteiger partial charge in [-0.1, -0.05) is 65.2 Å². The topological polar surface area (TPSA) is 67.1 Å². The van der Waals surface area contributed by atoms with Crippen molar-refractivity contribution in [1.82, 2.24) is 25.4 Å². The van der Waals surface area contributed by atoms with E-state index in [0.29, 0.717) is 6.54 Å². The molecular formula is C20H41IN6. The van der Waals surface area contributed by atoms with Crippen molar-refractivity contribution in [2.75, 3.05) is 13.1 Å². The second-order valence-electron chi connectivity index (χ2n) is 7.07. The molecule has 6 nitrogen and oxygen atoms in total. The number of nitrogens with zero attached hydrogens (tertiary/aromatic N) is 4. The Labute approximate surface area is 183 Å². The van der Waals surface area contributed by atoms with Gasteiger partial charge in [-0.2, -0.15) is 0 Å². The van der Waals surface area contributed by atoms with Gasteiger partial charge in [0.25, 0.3) is 0 Å². The van der Waals surface area contributed by atoms with E-state index in [1.54, 1.807) is 0 Å². The summed E-state index contributed by atoms with van der Waals surface area (Å²) in [5.41, 5.74) is 0. The molecule has 0 amide bonds. The quantitative estimate of drug-likeness (QED) is 0.171. The van der Waals surface area contributed by atoms with Gasteiger partial charge < -0.3 is 15.2 Å². The van der Waals surface area contributed by atoms with Gasteiger partial charge in [-0.05, 0) is 19.8 Å². The second-order valence-corrected chi connectivity index (χ2v) is 7.07. The maximum atomic E-state index is 4.68. The van der Waals surface area contributed by atoms with Crippen molar-refractivity contribution in [2.24, 2.45) is 12.0 Å². The van der Waals surface area contributed by atoms with Crippen LogP contribution in [0.25, 0.3) is 0 Å². The number of halogens is 1. The van der Waals surface area contributed by atoms with Crippen molar-refractivity contribution >= 4 is 29.9 Å². The number of aliphatic imine (C=N–C) groups is 1. The van der Waals surface area contributed by atoms with Crippen molar-refractivity contribution in [3.05, 3.63) is 11.6 Å². The van der Waals surface area contributed by atoms with Crippen LogP contribution in [0, 0.1) is 6.92 Å². The molecule has 1 heterocycles. The molecule has 27 heavy (non-hydrogen) atoms. The Bertz CT molecular complexity index is 501. The number of aryl methyl sites for hydroxylation is 1. The monoisotopic (exact) mass is 492 g/mol. The summed E-state index contributed by atoms with van der Waals surface area (Å²) in [7, 11) is 1.98. The number of hydrogen-bond donors (Lipinski definition) is 2. The van der Waals surface area contributed by atoms with E-state index in [4.69, 9.17) is 0 Å². The van der Waals surface area contributed by atoms with Crippen LogP contribution in [0.3, 0.4) is 0 Å². The lowest BCUT2D eigenvalue weighted by molar-refractivity contribution is 0.571. The van der Waals surface area contributed by atoms with Crippen molar-refractivity contribution in [1.29, 1.82) is 0 Å². The molecule has 0 saturated heterocycles. The largest absolute Gasteiger partial charge is 0.356 e. The summed E-state index contributed by atoms with van der Waals surface area (Å²) in [6, 6.07) is 0. The highest BCUT2D eigenvalue weighted by Crippen LogP contribution is 2.07. The minimum Gasteiger partial charge on any atom is -0.356 e. The van der Waals surface area contributed by atoms with Crippen molar-refractivity contribution in [3.63, 3.8) is 0 Å². The summed E-state index contributed by atoms with van der Waals surface area (Å²) in [6.45, 7) is 8.92. The van der Waals surface area contributed by atoms with E-state index in [2.05, 4.69) is 39.7 Å². The number of rotatable bonds is 14. The van der Waals surface area contributed by atoms with Gasteiger partial charge >= 0.3 is 0 Å². The van der Waals surface area contributed by atoms with Crippen LogP contribution in [0.4, 0.5) is 0 Å². The van der Waals surface area contributed by atoms with Crippen LogP contribution in [0.1, 0.15) is 89.7 Å². The Hall–Kier alpha value is -0.860. The third kappa shape index (κ3) is 12.3. The SMILES string of the molecule is CCCCCCCCCCNC(=NCc1nnc(C)n1C)NCCCC.I. The minimum atomic E-state index is 0. The van der Waals surface area contributed by atoms with Crippen LogP contribution in [-0.4, -0.2) is 33.8 Å². The Morgan fingerprint density at radius 3 is 1.96 bits per heavy atom. The van der Waals surface area contributed by atoms with Crippen LogP contribution in [-0.2, 0) is 13.6 Å². The van der Waals surface area contributed by atoms with Gasteiger partial charge in [-0.25, -0.2) is 4.99 Å². The second kappa shape index (κ2) is 17.3. The molecule has 158 valence electrons. The molecule has 0 aliphatic carbocycles. The molecule has 0 fully saturated rings. The lowest BCUT2D eigenvalue weighted by Crippen LogP contribution is -2.38. The smallest absolute Gasteiger partial charge is 0.191 e. The predicted octanol–water partition coefficient (Wildman–Crippen LogP) is 4.72. The summed E-state index contributed by atoms with van der Waals surface area (Å²) in [5, 5.41) is 15.2. The Balaban J connectivity index is 0.00000676. The zero-order valence-electron chi connectivity index (χ0n) is 17.9. The fraction of sp³-hybridized carbons (Fsp3) is 0.850. The molecule has 0 aliphatic heterocycles. The van der Waals surface area contributed by atoms with Crippen molar-refractivity contribution in [2.45, 2.75) is 91.5 Å². The predicted molar refractivity (Wildman–Crippen MR) is 126 cm³/mol. The van der Waals surface area contributed by atoms with E-state index in [9.17, 15) is 0 Å². The van der Waals surface area contributed by atoms with Crippen molar-refractivity contribution < 1.29 is 0 Å². The molecule has 1 aromatic heterocycles. The van der Waals surface area contributed by atoms with Crippen LogP contribution in [0.5, 0.6) is 0 Å². The molecule has 0 aliphatic rings. The summed E-state index contributed by atoms with van der Waals surface area (Å²) in [4.78, 5) is 4.68. The van der Waals surface area contributed by atoms with Gasteiger partial charge in [-0.15, -0.1) is 34.2 Å². The molecular weight excluding hydrogens is 451 g/mol. The average molecular weight is 492 g/mol. The summed E-state index contributed by atoms with van der Waals surface area (Å²) in [5.74, 6) is 2.70. The molecule has 1 aromatic rings. The number of guanidine groups is 1. The number of unbranched alkanes of at least 4 members (excludes halogenated alkanes) is 8. The molecule has 0 atom stereocenters. The van der Waals surface area contributed by atoms with E-state index in [-0.39, 0.29) is 24.0 Å². The number of nitrogens with one attached hydrogen (secondary N) is 2. The number of aromatic nitrogens is 3. The highest BCUT2D eigenvalue weighted by Gasteiger charge is 2.05. The Kier molecular flexibility index (Phi) is 16.7. The fourth-order valence-electron chi connectivity index (χ4n) is 2.76. The summed E-state index contributed by atoms with van der Waals surface area (Å²) in [6.07, 6.45) is 13.1. The first-order chi connectivity index (χ1) is 12.7. The van der Waals surface area contributed by atoms with E-state index < -0.39 is 0 Å². The molecule has 0 spiro atoms. The maximum absolute atomic E-state index is 4.68. The highest BCUT2D eigenvalue weighted by atomic mass is 127. The Morgan fingerprint density at radius 1 is 0.852 bits per heavy atom. The minimum absolute atomic E-state index is 0. The third-order valence-electron chi connectivity index (χ3n) is 4.71. The van der Waals surface area contributed by atoms with E-state index in [1.165, 1.54) is 57.8 Å².